The van der Waals surface area contributed by atoms with Crippen LogP contribution in [0.1, 0.15) is 55.8 Å². The second kappa shape index (κ2) is 8.81. The van der Waals surface area contributed by atoms with E-state index in [0.717, 1.165) is 47.5 Å². The maximum atomic E-state index is 12.5. The van der Waals surface area contributed by atoms with E-state index in [9.17, 15) is 4.79 Å². The molecule has 0 fully saturated rings. The molecule has 5 nitrogen and oxygen atoms in total. The molecule has 7 heteroatoms. The number of anilines is 1. The summed E-state index contributed by atoms with van der Waals surface area (Å²) < 4.78 is 5.40. The molecule has 0 N–H and O–H groups in total. The molecule has 0 atom stereocenters. The van der Waals surface area contributed by atoms with Crippen molar-refractivity contribution in [3.8, 4) is 0 Å². The Morgan fingerprint density at radius 1 is 1.24 bits per heavy atom. The van der Waals surface area contributed by atoms with Crippen LogP contribution in [0.15, 0.2) is 0 Å². The third kappa shape index (κ3) is 4.61. The standard InChI is InChI=1S/C18H26ClN3O2S/c1-6-8-22(9-7-2)15-13-12(5)14(17(23)24-10-11(3)4)25-16(13)21-18(19)20-15/h11H,6-10H2,1-5H3. The first-order valence-electron chi connectivity index (χ1n) is 8.77. The number of nitrogens with zero attached hydrogens (tertiary/aromatic N) is 3. The van der Waals surface area contributed by atoms with Crippen LogP contribution in [0.3, 0.4) is 0 Å². The Bertz CT molecular complexity index is 739. The van der Waals surface area contributed by atoms with Gasteiger partial charge < -0.3 is 9.64 Å². The monoisotopic (exact) mass is 383 g/mol. The van der Waals surface area contributed by atoms with Crippen molar-refractivity contribution in [2.45, 2.75) is 47.5 Å². The number of hydrogen-bond donors (Lipinski definition) is 0. The van der Waals surface area contributed by atoms with Gasteiger partial charge in [0, 0.05) is 13.1 Å². The number of carbonyl (C=O) groups excluding carboxylic acids is 1. The fourth-order valence-electron chi connectivity index (χ4n) is 2.69. The van der Waals surface area contributed by atoms with E-state index >= 15 is 0 Å². The predicted molar refractivity (Wildman–Crippen MR) is 105 cm³/mol. The zero-order valence-corrected chi connectivity index (χ0v) is 17.1. The minimum absolute atomic E-state index is 0.211. The second-order valence-corrected chi connectivity index (χ2v) is 7.87. The highest BCUT2D eigenvalue weighted by Crippen LogP contribution is 2.36. The number of hydrogen-bond acceptors (Lipinski definition) is 6. The molecule has 0 unspecified atom stereocenters. The van der Waals surface area contributed by atoms with Gasteiger partial charge in [-0.3, -0.25) is 0 Å². The van der Waals surface area contributed by atoms with Gasteiger partial charge in [0.05, 0.1) is 12.0 Å². The summed E-state index contributed by atoms with van der Waals surface area (Å²) in [4.78, 5) is 24.8. The van der Waals surface area contributed by atoms with E-state index < -0.39 is 0 Å². The van der Waals surface area contributed by atoms with Gasteiger partial charge in [-0.25, -0.2) is 9.78 Å². The Morgan fingerprint density at radius 3 is 2.44 bits per heavy atom. The van der Waals surface area contributed by atoms with Gasteiger partial charge in [0.25, 0.3) is 0 Å². The maximum absolute atomic E-state index is 12.5. The van der Waals surface area contributed by atoms with Crippen LogP contribution in [-0.4, -0.2) is 35.6 Å². The van der Waals surface area contributed by atoms with E-state index in [4.69, 9.17) is 16.3 Å². The lowest BCUT2D eigenvalue weighted by atomic mass is 10.2. The van der Waals surface area contributed by atoms with Crippen molar-refractivity contribution < 1.29 is 9.53 Å². The predicted octanol–water partition coefficient (Wildman–Crippen LogP) is 5.09. The van der Waals surface area contributed by atoms with E-state index in [1.54, 1.807) is 0 Å². The molecule has 0 saturated heterocycles. The zero-order chi connectivity index (χ0) is 18.6. The lowest BCUT2D eigenvalue weighted by Gasteiger charge is -2.23. The maximum Gasteiger partial charge on any atom is 0.348 e. The summed E-state index contributed by atoms with van der Waals surface area (Å²) in [6.07, 6.45) is 2.02. The van der Waals surface area contributed by atoms with Gasteiger partial charge in [0.2, 0.25) is 5.28 Å². The topological polar surface area (TPSA) is 55.3 Å². The zero-order valence-electron chi connectivity index (χ0n) is 15.6. The molecule has 0 radical (unpaired) electrons. The molecule has 2 aromatic rings. The average molecular weight is 384 g/mol. The van der Waals surface area contributed by atoms with Crippen molar-refractivity contribution in [3.05, 3.63) is 15.7 Å². The lowest BCUT2D eigenvalue weighted by molar-refractivity contribution is 0.0464. The van der Waals surface area contributed by atoms with Crippen LogP contribution < -0.4 is 4.90 Å². The average Bonchev–Trinajstić information content (AvgIpc) is 2.88. The normalized spacial score (nSPS) is 11.3. The SMILES string of the molecule is CCCN(CCC)c1nc(Cl)nc2sc(C(=O)OCC(C)C)c(C)c12. The number of carbonyl (C=O) groups is 1. The molecule has 0 aromatic carbocycles. The number of ether oxygens (including phenoxy) is 1. The Labute approximate surface area is 158 Å². The van der Waals surface area contributed by atoms with E-state index in [0.29, 0.717) is 17.4 Å². The number of rotatable bonds is 8. The number of fused-ring (bicyclic) bond motifs is 1. The molecule has 0 aliphatic carbocycles. The molecule has 0 bridgehead atoms. The Balaban J connectivity index is 2.51. The molecular formula is C18H26ClN3O2S. The molecule has 138 valence electrons. The third-order valence-electron chi connectivity index (χ3n) is 3.76. The largest absolute Gasteiger partial charge is 0.461 e. The Kier molecular flexibility index (Phi) is 7.02. The van der Waals surface area contributed by atoms with Crippen LogP contribution in [0.5, 0.6) is 0 Å². The Hall–Kier alpha value is -1.40. The summed E-state index contributed by atoms with van der Waals surface area (Å²) in [7, 11) is 0. The van der Waals surface area contributed by atoms with Crippen LogP contribution >= 0.6 is 22.9 Å². The highest BCUT2D eigenvalue weighted by Gasteiger charge is 2.23. The summed E-state index contributed by atoms with van der Waals surface area (Å²) >= 11 is 7.48. The molecule has 2 rings (SSSR count). The van der Waals surface area contributed by atoms with Gasteiger partial charge in [-0.2, -0.15) is 4.98 Å². The summed E-state index contributed by atoms with van der Waals surface area (Å²) in [6, 6.07) is 0. The van der Waals surface area contributed by atoms with Gasteiger partial charge in [0.1, 0.15) is 15.5 Å². The third-order valence-corrected chi connectivity index (χ3v) is 5.10. The molecule has 0 saturated carbocycles. The van der Waals surface area contributed by atoms with Crippen LogP contribution in [0.25, 0.3) is 10.2 Å². The van der Waals surface area contributed by atoms with Crippen LogP contribution in [0.4, 0.5) is 5.82 Å². The van der Waals surface area contributed by atoms with E-state index in [2.05, 4.69) is 28.7 Å². The molecule has 2 aromatic heterocycles. The van der Waals surface area contributed by atoms with Gasteiger partial charge in [-0.15, -0.1) is 11.3 Å². The summed E-state index contributed by atoms with van der Waals surface area (Å²) in [5, 5.41) is 1.12. The minimum atomic E-state index is -0.297. The van der Waals surface area contributed by atoms with Crippen LogP contribution in [0, 0.1) is 12.8 Å². The molecule has 2 heterocycles. The summed E-state index contributed by atoms with van der Waals surface area (Å²) in [6.45, 7) is 12.4. The fourth-order valence-corrected chi connectivity index (χ4v) is 3.97. The number of halogens is 1. The minimum Gasteiger partial charge on any atom is -0.461 e. The molecule has 25 heavy (non-hydrogen) atoms. The number of aromatic nitrogens is 2. The fraction of sp³-hybridized carbons (Fsp3) is 0.611. The van der Waals surface area contributed by atoms with Gasteiger partial charge >= 0.3 is 5.97 Å². The number of thiophene rings is 1. The second-order valence-electron chi connectivity index (χ2n) is 6.53. The number of aryl methyl sites for hydroxylation is 1. The smallest absolute Gasteiger partial charge is 0.348 e. The molecule has 0 aliphatic rings. The highest BCUT2D eigenvalue weighted by atomic mass is 35.5. The first kappa shape index (κ1) is 19.9. The van der Waals surface area contributed by atoms with Crippen molar-refractivity contribution in [2.75, 3.05) is 24.6 Å². The van der Waals surface area contributed by atoms with E-state index in [1.807, 2.05) is 20.8 Å². The first-order valence-corrected chi connectivity index (χ1v) is 9.97. The molecule has 0 aliphatic heterocycles. The molecule has 0 spiro atoms. The summed E-state index contributed by atoms with van der Waals surface area (Å²) in [5.74, 6) is 0.817. The van der Waals surface area contributed by atoms with Crippen molar-refractivity contribution in [1.82, 2.24) is 9.97 Å². The van der Waals surface area contributed by atoms with Crippen LogP contribution in [-0.2, 0) is 4.74 Å². The summed E-state index contributed by atoms with van der Waals surface area (Å²) in [5.41, 5.74) is 0.873. The van der Waals surface area contributed by atoms with Crippen molar-refractivity contribution in [3.63, 3.8) is 0 Å². The number of esters is 1. The quantitative estimate of drug-likeness (QED) is 0.469. The van der Waals surface area contributed by atoms with E-state index in [-0.39, 0.29) is 11.3 Å². The Morgan fingerprint density at radius 2 is 1.88 bits per heavy atom. The highest BCUT2D eigenvalue weighted by molar-refractivity contribution is 7.20. The van der Waals surface area contributed by atoms with Crippen molar-refractivity contribution in [2.24, 2.45) is 5.92 Å². The van der Waals surface area contributed by atoms with E-state index in [1.165, 1.54) is 11.3 Å². The first-order chi connectivity index (χ1) is 11.9. The van der Waals surface area contributed by atoms with Crippen molar-refractivity contribution in [1.29, 1.82) is 0 Å². The van der Waals surface area contributed by atoms with Crippen LogP contribution in [0.2, 0.25) is 5.28 Å². The molecular weight excluding hydrogens is 358 g/mol. The molecule has 0 amide bonds. The van der Waals surface area contributed by atoms with Gasteiger partial charge in [-0.05, 0) is 42.8 Å². The lowest BCUT2D eigenvalue weighted by Crippen LogP contribution is -2.26. The van der Waals surface area contributed by atoms with Gasteiger partial charge in [-0.1, -0.05) is 27.7 Å². The van der Waals surface area contributed by atoms with Gasteiger partial charge in [0.15, 0.2) is 0 Å². The van der Waals surface area contributed by atoms with Crippen molar-refractivity contribution >= 4 is 44.9 Å².